The molecule has 0 bridgehead atoms. The highest BCUT2D eigenvalue weighted by Gasteiger charge is 2.49. The molecule has 16 heteroatoms. The van der Waals surface area contributed by atoms with Crippen molar-refractivity contribution in [1.82, 2.24) is 28.8 Å². The second-order valence-corrected chi connectivity index (χ2v) is 22.2. The van der Waals surface area contributed by atoms with E-state index in [1.165, 1.54) is 0 Å². The third-order valence-electron chi connectivity index (χ3n) is 8.97. The normalized spacial score (nSPS) is 24.0. The van der Waals surface area contributed by atoms with Crippen LogP contribution in [0.5, 0.6) is 6.01 Å². The molecule has 3 fully saturated rings. The monoisotopic (exact) mass is 727 g/mol. The summed E-state index contributed by atoms with van der Waals surface area (Å²) < 4.78 is 45.3. The molecule has 1 unspecified atom stereocenters. The van der Waals surface area contributed by atoms with Gasteiger partial charge in [-0.05, 0) is 25.0 Å². The molecule has 0 aliphatic carbocycles. The van der Waals surface area contributed by atoms with Crippen molar-refractivity contribution in [2.75, 3.05) is 39.2 Å². The van der Waals surface area contributed by atoms with Gasteiger partial charge < -0.3 is 24.1 Å². The van der Waals surface area contributed by atoms with Crippen molar-refractivity contribution in [3.8, 4) is 28.7 Å². The number of rotatable bonds is 11. The number of aliphatic hydroxyl groups excluding tert-OH is 1. The van der Waals surface area contributed by atoms with Gasteiger partial charge >= 0.3 is 6.01 Å². The summed E-state index contributed by atoms with van der Waals surface area (Å²) in [5.41, 5.74) is 3.81. The van der Waals surface area contributed by atoms with E-state index in [0.717, 1.165) is 43.1 Å². The van der Waals surface area contributed by atoms with Gasteiger partial charge in [0.05, 0.1) is 36.3 Å². The molecule has 3 aliphatic rings. The van der Waals surface area contributed by atoms with Gasteiger partial charge in [-0.1, -0.05) is 55.5 Å². The molecule has 1 aromatic carbocycles. The summed E-state index contributed by atoms with van der Waals surface area (Å²) in [6, 6.07) is 10.8. The van der Waals surface area contributed by atoms with Crippen LogP contribution in [0.15, 0.2) is 47.1 Å². The van der Waals surface area contributed by atoms with E-state index < -0.39 is 36.3 Å². The standard InChI is InChI=1S/C33H42ClN7O6SSi/c1-48(43,40-11-5-6-12-40)39-23-16-35-31(36-17-23)22-9-7-21(8-10-22)28-24(34)15-25-32(38-28)41(20-44-13-14-49(2,3)4)33(37-25)47-27-19-46-29-26(42)18-45-30(27)29/h7-10,15-17,26-27,29-30,42H,5-6,11-14,18-20H2,1-4H3/t26-,27-,29-,30-,48?/m1/s1. The number of nitrogens with zero attached hydrogens (tertiary/aromatic N) is 7. The van der Waals surface area contributed by atoms with Gasteiger partial charge in [0.2, 0.25) is 0 Å². The molecule has 1 N–H and O–H groups in total. The topological polar surface area (TPSA) is 146 Å². The summed E-state index contributed by atoms with van der Waals surface area (Å²) in [7, 11) is -3.81. The van der Waals surface area contributed by atoms with E-state index in [0.29, 0.717) is 46.0 Å². The Morgan fingerprint density at radius 3 is 2.45 bits per heavy atom. The fourth-order valence-corrected chi connectivity index (χ4v) is 8.75. The molecule has 6 heterocycles. The minimum atomic E-state index is -2.50. The third-order valence-corrected chi connectivity index (χ3v) is 12.8. The first-order valence-electron chi connectivity index (χ1n) is 16.6. The van der Waals surface area contributed by atoms with Crippen LogP contribution in [-0.2, 0) is 30.9 Å². The Hall–Kier alpha value is -3.02. The van der Waals surface area contributed by atoms with Gasteiger partial charge in [0.25, 0.3) is 0 Å². The van der Waals surface area contributed by atoms with Crippen molar-refractivity contribution in [2.45, 2.75) is 69.7 Å². The summed E-state index contributed by atoms with van der Waals surface area (Å²) in [6.07, 6.45) is 5.00. The van der Waals surface area contributed by atoms with E-state index in [9.17, 15) is 9.32 Å². The van der Waals surface area contributed by atoms with E-state index >= 15 is 0 Å². The molecular formula is C33H42ClN7O6SSi. The zero-order valence-corrected chi connectivity index (χ0v) is 30.7. The minimum absolute atomic E-state index is 0.194. The Kier molecular flexibility index (Phi) is 9.80. The quantitative estimate of drug-likeness (QED) is 0.162. The largest absolute Gasteiger partial charge is 0.456 e. The van der Waals surface area contributed by atoms with Crippen LogP contribution in [0.3, 0.4) is 0 Å². The highest BCUT2D eigenvalue weighted by Crippen LogP contribution is 2.34. The van der Waals surface area contributed by atoms with Crippen molar-refractivity contribution >= 4 is 46.4 Å². The molecule has 7 rings (SSSR count). The van der Waals surface area contributed by atoms with E-state index in [4.69, 9.17) is 40.5 Å². The van der Waals surface area contributed by atoms with E-state index in [1.54, 1.807) is 24.7 Å². The number of benzene rings is 1. The Morgan fingerprint density at radius 2 is 1.73 bits per heavy atom. The predicted octanol–water partition coefficient (Wildman–Crippen LogP) is 5.17. The highest BCUT2D eigenvalue weighted by molar-refractivity contribution is 7.90. The van der Waals surface area contributed by atoms with Gasteiger partial charge in [-0.2, -0.15) is 9.35 Å². The number of fused-ring (bicyclic) bond motifs is 2. The maximum absolute atomic E-state index is 13.1. The van der Waals surface area contributed by atoms with Crippen LogP contribution >= 0.6 is 11.6 Å². The molecule has 3 saturated heterocycles. The first kappa shape index (κ1) is 34.4. The molecule has 0 radical (unpaired) electrons. The smallest absolute Gasteiger partial charge is 0.301 e. The fourth-order valence-electron chi connectivity index (χ4n) is 6.20. The first-order valence-corrected chi connectivity index (χ1v) is 22.5. The zero-order chi connectivity index (χ0) is 34.3. The Labute approximate surface area is 292 Å². The first-order chi connectivity index (χ1) is 23.4. The van der Waals surface area contributed by atoms with Crippen LogP contribution in [0.1, 0.15) is 12.8 Å². The third kappa shape index (κ3) is 7.54. The maximum Gasteiger partial charge on any atom is 0.301 e. The molecule has 0 saturated carbocycles. The van der Waals surface area contributed by atoms with Crippen LogP contribution in [0.2, 0.25) is 30.7 Å². The molecule has 49 heavy (non-hydrogen) atoms. The number of pyridine rings is 1. The van der Waals surface area contributed by atoms with Crippen molar-refractivity contribution in [3.05, 3.63) is 47.7 Å². The van der Waals surface area contributed by atoms with Crippen LogP contribution in [0, 0.1) is 0 Å². The average Bonchev–Trinajstić information content (AvgIpc) is 3.87. The molecule has 4 aromatic rings. The summed E-state index contributed by atoms with van der Waals surface area (Å²) in [4.78, 5) is 18.7. The van der Waals surface area contributed by atoms with Crippen molar-refractivity contribution < 1.29 is 28.3 Å². The zero-order valence-electron chi connectivity index (χ0n) is 28.1. The number of ether oxygens (including phenoxy) is 4. The number of halogens is 1. The SMILES string of the molecule is C[Si](C)(C)CCOCn1c(O[C@@H]2CO[C@H]3[C@@H]2OC[C@H]3O)nc2cc(Cl)c(-c3ccc(-c4ncc(N=S(C)(=O)N5CCCC5)cn4)cc3)nc21. The molecule has 5 atom stereocenters. The molecule has 262 valence electrons. The van der Waals surface area contributed by atoms with Crippen LogP contribution in [0.4, 0.5) is 5.69 Å². The van der Waals surface area contributed by atoms with Crippen molar-refractivity contribution in [3.63, 3.8) is 0 Å². The number of hydrogen-bond acceptors (Lipinski definition) is 11. The maximum atomic E-state index is 13.1. The van der Waals surface area contributed by atoms with Crippen molar-refractivity contribution in [2.24, 2.45) is 4.36 Å². The van der Waals surface area contributed by atoms with Gasteiger partial charge in [-0.15, -0.1) is 0 Å². The number of aromatic nitrogens is 5. The lowest BCUT2D eigenvalue weighted by atomic mass is 10.1. The second-order valence-electron chi connectivity index (χ2n) is 14.0. The van der Waals surface area contributed by atoms with Crippen LogP contribution in [0.25, 0.3) is 33.8 Å². The lowest BCUT2D eigenvalue weighted by molar-refractivity contribution is 0.00336. The summed E-state index contributed by atoms with van der Waals surface area (Å²) >= 11 is 6.80. The van der Waals surface area contributed by atoms with Gasteiger partial charge in [0, 0.05) is 45.2 Å². The summed E-state index contributed by atoms with van der Waals surface area (Å²) in [5, 5.41) is 10.6. The van der Waals surface area contributed by atoms with Crippen LogP contribution in [-0.4, -0.2) is 110 Å². The number of imidazole rings is 1. The van der Waals surface area contributed by atoms with E-state index in [2.05, 4.69) is 34.0 Å². The second kappa shape index (κ2) is 13.9. The molecule has 13 nitrogen and oxygen atoms in total. The Morgan fingerprint density at radius 1 is 1.04 bits per heavy atom. The fraction of sp³-hybridized carbons (Fsp3) is 0.515. The Balaban J connectivity index is 1.14. The summed E-state index contributed by atoms with van der Waals surface area (Å²) in [5.74, 6) is 0.524. The lowest BCUT2D eigenvalue weighted by Crippen LogP contribution is -2.35. The van der Waals surface area contributed by atoms with E-state index in [1.807, 2.05) is 33.1 Å². The number of aliphatic hydroxyl groups is 1. The molecule has 0 spiro atoms. The molecule has 0 amide bonds. The van der Waals surface area contributed by atoms with Gasteiger partial charge in [0.15, 0.2) is 17.6 Å². The molecular weight excluding hydrogens is 686 g/mol. The van der Waals surface area contributed by atoms with Crippen LogP contribution < -0.4 is 4.74 Å². The minimum Gasteiger partial charge on any atom is -0.456 e. The number of hydrogen-bond donors (Lipinski definition) is 1. The highest BCUT2D eigenvalue weighted by atomic mass is 35.5. The molecule has 3 aliphatic heterocycles. The molecule has 3 aromatic heterocycles. The predicted molar refractivity (Wildman–Crippen MR) is 190 cm³/mol. The average molecular weight is 728 g/mol. The van der Waals surface area contributed by atoms with Crippen molar-refractivity contribution in [1.29, 1.82) is 0 Å². The van der Waals surface area contributed by atoms with Gasteiger partial charge in [0.1, 0.15) is 46.2 Å². The van der Waals surface area contributed by atoms with Gasteiger partial charge in [-0.3, -0.25) is 4.57 Å². The summed E-state index contributed by atoms with van der Waals surface area (Å²) in [6.45, 7) is 9.79. The Bertz CT molecular complexity index is 1920. The van der Waals surface area contributed by atoms with Gasteiger partial charge in [-0.25, -0.2) is 23.5 Å². The lowest BCUT2D eigenvalue weighted by Gasteiger charge is -2.19. The van der Waals surface area contributed by atoms with E-state index in [-0.39, 0.29) is 26.0 Å².